The van der Waals surface area contributed by atoms with Crippen LogP contribution in [0.2, 0.25) is 0 Å². The van der Waals surface area contributed by atoms with E-state index >= 15 is 0 Å². The Morgan fingerprint density at radius 3 is 2.30 bits per heavy atom. The number of hydrogen-bond acceptors (Lipinski definition) is 6. The van der Waals surface area contributed by atoms with E-state index in [1.807, 2.05) is 6.92 Å². The summed E-state index contributed by atoms with van der Waals surface area (Å²) >= 11 is 0. The van der Waals surface area contributed by atoms with Crippen molar-refractivity contribution in [3.8, 4) is 11.5 Å². The van der Waals surface area contributed by atoms with Gasteiger partial charge in [-0.25, -0.2) is 0 Å². The standard InChI is InChI=1S/C21H36N4O4.HI/c1-6-22-20(24-15-21(2,3)25-7-9-29-10-8-25)23-14-19(26)16-11-17(27-4)13-18(12-16)28-5;/h11-13,19,26H,6-10,14-15H2,1-5H3,(H2,22,23,24);1H. The van der Waals surface area contributed by atoms with Crippen LogP contribution >= 0.6 is 24.0 Å². The van der Waals surface area contributed by atoms with Gasteiger partial charge in [-0.05, 0) is 38.5 Å². The van der Waals surface area contributed by atoms with Crippen LogP contribution in [0.15, 0.2) is 23.2 Å². The lowest BCUT2D eigenvalue weighted by atomic mass is 10.0. The first-order chi connectivity index (χ1) is 13.9. The van der Waals surface area contributed by atoms with Gasteiger partial charge in [-0.1, -0.05) is 0 Å². The van der Waals surface area contributed by atoms with Crippen molar-refractivity contribution in [1.29, 1.82) is 0 Å². The molecule has 172 valence electrons. The van der Waals surface area contributed by atoms with E-state index in [0.29, 0.717) is 30.5 Å². The van der Waals surface area contributed by atoms with Crippen molar-refractivity contribution in [3.63, 3.8) is 0 Å². The first-order valence-electron chi connectivity index (χ1n) is 10.2. The van der Waals surface area contributed by atoms with E-state index in [4.69, 9.17) is 19.2 Å². The van der Waals surface area contributed by atoms with Crippen LogP contribution in [-0.2, 0) is 4.74 Å². The Kier molecular flexibility index (Phi) is 11.7. The molecule has 0 bridgehead atoms. The summed E-state index contributed by atoms with van der Waals surface area (Å²) in [5.41, 5.74) is 0.656. The molecule has 0 amide bonds. The molecule has 0 aromatic heterocycles. The van der Waals surface area contributed by atoms with Gasteiger partial charge in [-0.2, -0.15) is 0 Å². The van der Waals surface area contributed by atoms with Crippen molar-refractivity contribution in [3.05, 3.63) is 23.8 Å². The SMILES string of the molecule is CCNC(=NCC(C)(C)N1CCOCC1)NCC(O)c1cc(OC)cc(OC)c1.I. The van der Waals surface area contributed by atoms with Gasteiger partial charge >= 0.3 is 0 Å². The van der Waals surface area contributed by atoms with Gasteiger partial charge in [0.2, 0.25) is 0 Å². The molecule has 1 aliphatic heterocycles. The Labute approximate surface area is 197 Å². The molecule has 0 aliphatic carbocycles. The fourth-order valence-electron chi connectivity index (χ4n) is 3.22. The number of guanidine groups is 1. The maximum atomic E-state index is 10.6. The van der Waals surface area contributed by atoms with Gasteiger partial charge in [0.1, 0.15) is 11.5 Å². The van der Waals surface area contributed by atoms with E-state index in [0.717, 1.165) is 38.4 Å². The zero-order valence-corrected chi connectivity index (χ0v) is 21.1. The van der Waals surface area contributed by atoms with Gasteiger partial charge in [-0.15, -0.1) is 24.0 Å². The van der Waals surface area contributed by atoms with Gasteiger partial charge in [0.05, 0.1) is 40.1 Å². The highest BCUT2D eigenvalue weighted by Gasteiger charge is 2.28. The maximum absolute atomic E-state index is 10.6. The smallest absolute Gasteiger partial charge is 0.191 e. The predicted octanol–water partition coefficient (Wildman–Crippen LogP) is 2.02. The first kappa shape index (κ1) is 26.7. The molecule has 1 aromatic carbocycles. The number of benzene rings is 1. The number of ether oxygens (including phenoxy) is 3. The van der Waals surface area contributed by atoms with Crippen LogP contribution in [0.4, 0.5) is 0 Å². The number of morpholine rings is 1. The number of aliphatic hydroxyl groups is 1. The molecule has 0 saturated carbocycles. The van der Waals surface area contributed by atoms with E-state index in [-0.39, 0.29) is 29.5 Å². The average Bonchev–Trinajstić information content (AvgIpc) is 2.75. The van der Waals surface area contributed by atoms with Crippen LogP contribution < -0.4 is 20.1 Å². The van der Waals surface area contributed by atoms with Crippen LogP contribution in [0.25, 0.3) is 0 Å². The van der Waals surface area contributed by atoms with Crippen molar-refractivity contribution in [2.24, 2.45) is 4.99 Å². The second kappa shape index (κ2) is 13.2. The molecule has 1 aliphatic rings. The van der Waals surface area contributed by atoms with Crippen LogP contribution in [0.3, 0.4) is 0 Å². The fourth-order valence-corrected chi connectivity index (χ4v) is 3.22. The highest BCUT2D eigenvalue weighted by atomic mass is 127. The molecule has 1 unspecified atom stereocenters. The van der Waals surface area contributed by atoms with Crippen molar-refractivity contribution < 1.29 is 19.3 Å². The Bertz CT molecular complexity index is 644. The minimum atomic E-state index is -0.727. The molecule has 1 atom stereocenters. The molecule has 1 heterocycles. The van der Waals surface area contributed by atoms with Crippen LogP contribution in [0.1, 0.15) is 32.4 Å². The third-order valence-electron chi connectivity index (χ3n) is 5.06. The van der Waals surface area contributed by atoms with Crippen molar-refractivity contribution in [2.45, 2.75) is 32.4 Å². The lowest BCUT2D eigenvalue weighted by Crippen LogP contribution is -2.52. The molecule has 1 aromatic rings. The molecule has 30 heavy (non-hydrogen) atoms. The lowest BCUT2D eigenvalue weighted by Gasteiger charge is -2.39. The predicted molar refractivity (Wildman–Crippen MR) is 130 cm³/mol. The molecular formula is C21H37IN4O4. The molecule has 3 N–H and O–H groups in total. The number of nitrogens with one attached hydrogen (secondary N) is 2. The lowest BCUT2D eigenvalue weighted by molar-refractivity contribution is -0.00684. The summed E-state index contributed by atoms with van der Waals surface area (Å²) in [5.74, 6) is 1.97. The number of aliphatic hydroxyl groups excluding tert-OH is 1. The number of methoxy groups -OCH3 is 2. The van der Waals surface area contributed by atoms with Crippen molar-refractivity contribution in [1.82, 2.24) is 15.5 Å². The Morgan fingerprint density at radius 2 is 1.77 bits per heavy atom. The van der Waals surface area contributed by atoms with Gasteiger partial charge in [-0.3, -0.25) is 9.89 Å². The van der Waals surface area contributed by atoms with Crippen LogP contribution in [0, 0.1) is 0 Å². The van der Waals surface area contributed by atoms with E-state index < -0.39 is 6.10 Å². The number of halogens is 1. The summed E-state index contributed by atoms with van der Waals surface area (Å²) in [5, 5.41) is 17.1. The maximum Gasteiger partial charge on any atom is 0.191 e. The summed E-state index contributed by atoms with van der Waals surface area (Å²) < 4.78 is 16.0. The Morgan fingerprint density at radius 1 is 1.17 bits per heavy atom. The summed E-state index contributed by atoms with van der Waals surface area (Å²) in [7, 11) is 3.19. The third kappa shape index (κ3) is 8.09. The van der Waals surface area contributed by atoms with Crippen LogP contribution in [0.5, 0.6) is 11.5 Å². The minimum Gasteiger partial charge on any atom is -0.497 e. The van der Waals surface area contributed by atoms with E-state index in [1.54, 1.807) is 32.4 Å². The average molecular weight is 536 g/mol. The largest absolute Gasteiger partial charge is 0.497 e. The van der Waals surface area contributed by atoms with Crippen molar-refractivity contribution >= 4 is 29.9 Å². The van der Waals surface area contributed by atoms with E-state index in [1.165, 1.54) is 0 Å². The number of nitrogens with zero attached hydrogens (tertiary/aromatic N) is 2. The van der Waals surface area contributed by atoms with Crippen molar-refractivity contribution in [2.75, 3.05) is 60.2 Å². The van der Waals surface area contributed by atoms with Gasteiger partial charge in [0, 0.05) is 37.8 Å². The second-order valence-corrected chi connectivity index (χ2v) is 7.65. The highest BCUT2D eigenvalue weighted by molar-refractivity contribution is 14.0. The summed E-state index contributed by atoms with van der Waals surface area (Å²) in [4.78, 5) is 7.15. The quantitative estimate of drug-likeness (QED) is 0.253. The molecule has 8 nitrogen and oxygen atoms in total. The summed E-state index contributed by atoms with van der Waals surface area (Å²) in [6.45, 7) is 11.5. The van der Waals surface area contributed by atoms with Gasteiger partial charge < -0.3 is 30.0 Å². The number of rotatable bonds is 9. The Hall–Kier alpha value is -1.30. The second-order valence-electron chi connectivity index (χ2n) is 7.65. The van der Waals surface area contributed by atoms with Gasteiger partial charge in [0.15, 0.2) is 5.96 Å². The molecule has 2 rings (SSSR count). The van der Waals surface area contributed by atoms with E-state index in [9.17, 15) is 5.11 Å². The topological polar surface area (TPSA) is 87.6 Å². The molecule has 1 fully saturated rings. The van der Waals surface area contributed by atoms with E-state index in [2.05, 4.69) is 29.4 Å². The molecule has 0 spiro atoms. The zero-order chi connectivity index (χ0) is 21.3. The number of aliphatic imine (C=N–C) groups is 1. The fraction of sp³-hybridized carbons (Fsp3) is 0.667. The molecule has 9 heteroatoms. The molecule has 0 radical (unpaired) electrons. The Balaban J connectivity index is 0.00000450. The minimum absolute atomic E-state index is 0. The molecular weight excluding hydrogens is 499 g/mol. The summed E-state index contributed by atoms with van der Waals surface area (Å²) in [6.07, 6.45) is -0.727. The monoisotopic (exact) mass is 536 g/mol. The summed E-state index contributed by atoms with van der Waals surface area (Å²) in [6, 6.07) is 5.39. The highest BCUT2D eigenvalue weighted by Crippen LogP contribution is 2.26. The molecule has 1 saturated heterocycles. The van der Waals surface area contributed by atoms with Crippen LogP contribution in [-0.4, -0.2) is 81.7 Å². The van der Waals surface area contributed by atoms with Gasteiger partial charge in [0.25, 0.3) is 0 Å². The zero-order valence-electron chi connectivity index (χ0n) is 18.7. The first-order valence-corrected chi connectivity index (χ1v) is 10.2. The normalized spacial score (nSPS) is 16.4. The third-order valence-corrected chi connectivity index (χ3v) is 5.06. The number of hydrogen-bond donors (Lipinski definition) is 3.